The van der Waals surface area contributed by atoms with E-state index in [1.807, 2.05) is 38.7 Å². The average molecular weight is 276 g/mol. The number of aryl methyl sites for hydroxylation is 1. The minimum Gasteiger partial charge on any atom is -0.444 e. The van der Waals surface area contributed by atoms with Crippen LogP contribution in [0.3, 0.4) is 0 Å². The second kappa shape index (κ2) is 5.81. The first-order valence-corrected chi connectivity index (χ1v) is 7.29. The zero-order chi connectivity index (χ0) is 14.8. The number of hydrogen-bond acceptors (Lipinski definition) is 3. The topological polar surface area (TPSA) is 42.4 Å². The molecule has 2 heterocycles. The summed E-state index contributed by atoms with van der Waals surface area (Å²) in [5.74, 6) is 0. The molecule has 1 aromatic heterocycles. The van der Waals surface area contributed by atoms with Crippen molar-refractivity contribution in [2.75, 3.05) is 6.54 Å². The minimum atomic E-state index is -0.455. The summed E-state index contributed by atoms with van der Waals surface area (Å²) in [6, 6.07) is 4.09. The van der Waals surface area contributed by atoms with Crippen molar-refractivity contribution in [3.8, 4) is 0 Å². The van der Waals surface area contributed by atoms with Crippen LogP contribution in [0.5, 0.6) is 0 Å². The summed E-state index contributed by atoms with van der Waals surface area (Å²) in [7, 11) is 0. The summed E-state index contributed by atoms with van der Waals surface area (Å²) < 4.78 is 5.54. The fourth-order valence-electron chi connectivity index (χ4n) is 2.64. The van der Waals surface area contributed by atoms with Crippen molar-refractivity contribution in [1.29, 1.82) is 0 Å². The molecule has 0 unspecified atom stereocenters. The van der Waals surface area contributed by atoms with Gasteiger partial charge in [-0.3, -0.25) is 4.98 Å². The van der Waals surface area contributed by atoms with Gasteiger partial charge in [0.05, 0.1) is 6.04 Å². The molecule has 1 amide bonds. The van der Waals surface area contributed by atoms with Crippen molar-refractivity contribution >= 4 is 6.09 Å². The first-order chi connectivity index (χ1) is 9.38. The Morgan fingerprint density at radius 3 is 2.80 bits per heavy atom. The molecule has 110 valence electrons. The van der Waals surface area contributed by atoms with Gasteiger partial charge in [-0.15, -0.1) is 0 Å². The molecule has 20 heavy (non-hydrogen) atoms. The van der Waals surface area contributed by atoms with Crippen LogP contribution >= 0.6 is 0 Å². The minimum absolute atomic E-state index is 0.0901. The van der Waals surface area contributed by atoms with Gasteiger partial charge in [-0.2, -0.15) is 0 Å². The number of amides is 1. The van der Waals surface area contributed by atoms with Gasteiger partial charge in [-0.05, 0) is 58.6 Å². The van der Waals surface area contributed by atoms with Crippen molar-refractivity contribution in [2.24, 2.45) is 0 Å². The van der Waals surface area contributed by atoms with E-state index in [0.717, 1.165) is 37.1 Å². The number of nitrogens with zero attached hydrogens (tertiary/aromatic N) is 2. The van der Waals surface area contributed by atoms with Crippen molar-refractivity contribution in [3.63, 3.8) is 0 Å². The van der Waals surface area contributed by atoms with Crippen molar-refractivity contribution in [2.45, 2.75) is 58.6 Å². The van der Waals surface area contributed by atoms with Gasteiger partial charge < -0.3 is 9.64 Å². The van der Waals surface area contributed by atoms with E-state index in [9.17, 15) is 4.79 Å². The number of hydrogen-bond donors (Lipinski definition) is 0. The van der Waals surface area contributed by atoms with Gasteiger partial charge in [0.25, 0.3) is 0 Å². The third-order valence-electron chi connectivity index (χ3n) is 3.54. The predicted octanol–water partition coefficient (Wildman–Crippen LogP) is 3.85. The summed E-state index contributed by atoms with van der Waals surface area (Å²) in [4.78, 5) is 18.6. The number of rotatable bonds is 1. The molecule has 0 N–H and O–H groups in total. The Hall–Kier alpha value is -1.58. The Labute approximate surface area is 121 Å². The summed E-state index contributed by atoms with van der Waals surface area (Å²) >= 11 is 0. The van der Waals surface area contributed by atoms with Crippen LogP contribution in [0, 0.1) is 6.92 Å². The quantitative estimate of drug-likeness (QED) is 0.782. The standard InChI is InChI=1S/C16H24N2O2/c1-12-13(8-7-10-17-12)14-9-5-6-11-18(14)15(19)20-16(2,3)4/h7-8,10,14H,5-6,9,11H2,1-4H3/t14-/m1/s1. The highest BCUT2D eigenvalue weighted by Gasteiger charge is 2.32. The van der Waals surface area contributed by atoms with Crippen LogP contribution < -0.4 is 0 Å². The number of piperidine rings is 1. The smallest absolute Gasteiger partial charge is 0.410 e. The molecule has 0 bridgehead atoms. The normalized spacial score (nSPS) is 19.8. The van der Waals surface area contributed by atoms with Gasteiger partial charge >= 0.3 is 6.09 Å². The van der Waals surface area contributed by atoms with Crippen LogP contribution in [0.15, 0.2) is 18.3 Å². The molecule has 1 aliphatic heterocycles. The highest BCUT2D eigenvalue weighted by atomic mass is 16.6. The first kappa shape index (κ1) is 14.8. The second-order valence-electron chi connectivity index (χ2n) is 6.36. The molecule has 0 spiro atoms. The van der Waals surface area contributed by atoms with Crippen LogP contribution in [0.1, 0.15) is 57.3 Å². The number of carbonyl (C=O) groups excluding carboxylic acids is 1. The molecule has 0 saturated carbocycles. The van der Waals surface area contributed by atoms with E-state index >= 15 is 0 Å². The van der Waals surface area contributed by atoms with Crippen LogP contribution in [-0.4, -0.2) is 28.1 Å². The molecule has 1 aromatic rings. The van der Waals surface area contributed by atoms with E-state index in [0.29, 0.717) is 0 Å². The van der Waals surface area contributed by atoms with E-state index in [1.165, 1.54) is 0 Å². The molecule has 1 atom stereocenters. The Balaban J connectivity index is 2.22. The fraction of sp³-hybridized carbons (Fsp3) is 0.625. The number of likely N-dealkylation sites (tertiary alicyclic amines) is 1. The lowest BCUT2D eigenvalue weighted by atomic mass is 9.95. The maximum Gasteiger partial charge on any atom is 0.410 e. The summed E-state index contributed by atoms with van der Waals surface area (Å²) in [5, 5.41) is 0. The largest absolute Gasteiger partial charge is 0.444 e. The fourth-order valence-corrected chi connectivity index (χ4v) is 2.64. The van der Waals surface area contributed by atoms with Crippen molar-refractivity contribution in [1.82, 2.24) is 9.88 Å². The van der Waals surface area contributed by atoms with E-state index in [-0.39, 0.29) is 12.1 Å². The summed E-state index contributed by atoms with van der Waals surface area (Å²) in [5.41, 5.74) is 1.68. The molecule has 1 saturated heterocycles. The molecule has 0 radical (unpaired) electrons. The highest BCUT2D eigenvalue weighted by Crippen LogP contribution is 2.33. The van der Waals surface area contributed by atoms with Gasteiger partial charge in [-0.1, -0.05) is 6.07 Å². The number of ether oxygens (including phenoxy) is 1. The predicted molar refractivity (Wildman–Crippen MR) is 78.5 cm³/mol. The maximum atomic E-state index is 12.4. The Bertz CT molecular complexity index is 480. The lowest BCUT2D eigenvalue weighted by molar-refractivity contribution is 0.00942. The van der Waals surface area contributed by atoms with Crippen molar-refractivity contribution < 1.29 is 9.53 Å². The molecule has 1 aliphatic rings. The Morgan fingerprint density at radius 2 is 2.15 bits per heavy atom. The SMILES string of the molecule is Cc1ncccc1[C@H]1CCCCN1C(=O)OC(C)(C)C. The molecule has 4 heteroatoms. The molecule has 4 nitrogen and oxygen atoms in total. The zero-order valence-corrected chi connectivity index (χ0v) is 12.8. The number of aromatic nitrogens is 1. The average Bonchev–Trinajstić information content (AvgIpc) is 2.37. The third kappa shape index (κ3) is 3.50. The molecule has 0 aromatic carbocycles. The lowest BCUT2D eigenvalue weighted by Crippen LogP contribution is -2.42. The second-order valence-corrected chi connectivity index (χ2v) is 6.36. The zero-order valence-electron chi connectivity index (χ0n) is 12.8. The molecular weight excluding hydrogens is 252 g/mol. The van der Waals surface area contributed by atoms with E-state index in [1.54, 1.807) is 6.20 Å². The lowest BCUT2D eigenvalue weighted by Gasteiger charge is -2.37. The number of carbonyl (C=O) groups is 1. The summed E-state index contributed by atoms with van der Waals surface area (Å²) in [6.07, 6.45) is 4.73. The van der Waals surface area contributed by atoms with E-state index < -0.39 is 5.60 Å². The molecule has 2 rings (SSSR count). The highest BCUT2D eigenvalue weighted by molar-refractivity contribution is 5.69. The maximum absolute atomic E-state index is 12.4. The van der Waals surface area contributed by atoms with Gasteiger partial charge in [0.2, 0.25) is 0 Å². The van der Waals surface area contributed by atoms with Gasteiger partial charge in [0.15, 0.2) is 0 Å². The summed E-state index contributed by atoms with van der Waals surface area (Å²) in [6.45, 7) is 8.46. The number of pyridine rings is 1. The van der Waals surface area contributed by atoms with E-state index in [2.05, 4.69) is 11.1 Å². The first-order valence-electron chi connectivity index (χ1n) is 7.29. The van der Waals surface area contributed by atoms with Gasteiger partial charge in [-0.25, -0.2) is 4.79 Å². The van der Waals surface area contributed by atoms with Crippen LogP contribution in [-0.2, 0) is 4.74 Å². The van der Waals surface area contributed by atoms with Crippen molar-refractivity contribution in [3.05, 3.63) is 29.6 Å². The van der Waals surface area contributed by atoms with Gasteiger partial charge in [0.1, 0.15) is 5.60 Å². The van der Waals surface area contributed by atoms with Crippen LogP contribution in [0.4, 0.5) is 4.79 Å². The Morgan fingerprint density at radius 1 is 1.40 bits per heavy atom. The molecular formula is C16H24N2O2. The van der Waals surface area contributed by atoms with Gasteiger partial charge in [0, 0.05) is 18.4 Å². The monoisotopic (exact) mass is 276 g/mol. The molecule has 1 fully saturated rings. The van der Waals surface area contributed by atoms with Crippen LogP contribution in [0.25, 0.3) is 0 Å². The van der Waals surface area contributed by atoms with Crippen LogP contribution in [0.2, 0.25) is 0 Å². The third-order valence-corrected chi connectivity index (χ3v) is 3.54. The molecule has 0 aliphatic carbocycles. The Kier molecular flexibility index (Phi) is 4.31. The van der Waals surface area contributed by atoms with E-state index in [4.69, 9.17) is 4.74 Å².